The van der Waals surface area contributed by atoms with Gasteiger partial charge in [-0.1, -0.05) is 12.1 Å². The van der Waals surface area contributed by atoms with Gasteiger partial charge in [-0.3, -0.25) is 9.59 Å². The molecule has 2 fully saturated rings. The minimum atomic E-state index is -0.275. The number of carbonyl (C=O) groups excluding carboxylic acids is 2. The number of rotatable bonds is 5. The molecule has 0 aromatic heterocycles. The van der Waals surface area contributed by atoms with Crippen LogP contribution in [0.4, 0.5) is 4.39 Å². The zero-order valence-electron chi connectivity index (χ0n) is 13.2. The quantitative estimate of drug-likeness (QED) is 0.876. The van der Waals surface area contributed by atoms with Crippen LogP contribution in [0, 0.1) is 17.7 Å². The maximum atomic E-state index is 12.8. The summed E-state index contributed by atoms with van der Waals surface area (Å²) in [7, 11) is 0. The average Bonchev–Trinajstić information content (AvgIpc) is 3.38. The Balaban J connectivity index is 1.40. The summed E-state index contributed by atoms with van der Waals surface area (Å²) in [6, 6.07) is 6.54. The van der Waals surface area contributed by atoms with Crippen LogP contribution in [0.2, 0.25) is 0 Å². The molecular weight excluding hydrogens is 295 g/mol. The van der Waals surface area contributed by atoms with E-state index in [-0.39, 0.29) is 29.5 Å². The fourth-order valence-corrected chi connectivity index (χ4v) is 3.10. The molecule has 0 bridgehead atoms. The number of benzene rings is 1. The number of hydrogen-bond acceptors (Lipinski definition) is 2. The lowest BCUT2D eigenvalue weighted by Gasteiger charge is -2.27. The summed E-state index contributed by atoms with van der Waals surface area (Å²) >= 11 is 0. The van der Waals surface area contributed by atoms with Gasteiger partial charge in [0, 0.05) is 24.4 Å². The topological polar surface area (TPSA) is 58.2 Å². The van der Waals surface area contributed by atoms with E-state index in [0.717, 1.165) is 44.1 Å². The van der Waals surface area contributed by atoms with Crippen molar-refractivity contribution in [1.29, 1.82) is 0 Å². The van der Waals surface area contributed by atoms with Crippen LogP contribution in [0.25, 0.3) is 0 Å². The zero-order valence-corrected chi connectivity index (χ0v) is 13.2. The zero-order chi connectivity index (χ0) is 16.2. The van der Waals surface area contributed by atoms with E-state index in [4.69, 9.17) is 0 Å². The molecule has 0 unspecified atom stereocenters. The van der Waals surface area contributed by atoms with Crippen molar-refractivity contribution in [3.05, 3.63) is 35.6 Å². The van der Waals surface area contributed by atoms with Gasteiger partial charge in [-0.2, -0.15) is 0 Å². The van der Waals surface area contributed by atoms with Crippen LogP contribution in [0.3, 0.4) is 0 Å². The highest BCUT2D eigenvalue weighted by Gasteiger charge is 2.32. The smallest absolute Gasteiger partial charge is 0.223 e. The van der Waals surface area contributed by atoms with Gasteiger partial charge in [0.05, 0.1) is 0 Å². The van der Waals surface area contributed by atoms with Crippen molar-refractivity contribution in [2.45, 2.75) is 51.1 Å². The fourth-order valence-electron chi connectivity index (χ4n) is 3.10. The molecular formula is C18H23FN2O2. The van der Waals surface area contributed by atoms with E-state index in [9.17, 15) is 14.0 Å². The summed E-state index contributed by atoms with van der Waals surface area (Å²) in [6.45, 7) is 0.418. The first kappa shape index (κ1) is 16.0. The van der Waals surface area contributed by atoms with Crippen LogP contribution in [0.15, 0.2) is 24.3 Å². The normalized spacial score (nSPS) is 24.0. The number of amides is 2. The van der Waals surface area contributed by atoms with Crippen molar-refractivity contribution in [3.63, 3.8) is 0 Å². The van der Waals surface area contributed by atoms with Crippen LogP contribution in [-0.2, 0) is 16.1 Å². The van der Waals surface area contributed by atoms with Gasteiger partial charge in [-0.25, -0.2) is 4.39 Å². The monoisotopic (exact) mass is 318 g/mol. The van der Waals surface area contributed by atoms with E-state index in [1.54, 1.807) is 12.1 Å². The molecule has 2 amide bonds. The Kier molecular flexibility index (Phi) is 4.94. The molecule has 0 atom stereocenters. The highest BCUT2D eigenvalue weighted by molar-refractivity contribution is 5.81. The third-order valence-corrected chi connectivity index (χ3v) is 4.77. The molecule has 124 valence electrons. The Bertz CT molecular complexity index is 561. The van der Waals surface area contributed by atoms with Crippen molar-refractivity contribution in [1.82, 2.24) is 10.6 Å². The Labute approximate surface area is 135 Å². The van der Waals surface area contributed by atoms with Gasteiger partial charge in [0.2, 0.25) is 11.8 Å². The molecule has 5 heteroatoms. The maximum Gasteiger partial charge on any atom is 0.223 e. The molecule has 0 heterocycles. The summed E-state index contributed by atoms with van der Waals surface area (Å²) in [5.74, 6) is -0.0203. The molecule has 1 aromatic carbocycles. The molecule has 0 radical (unpaired) electrons. The summed E-state index contributed by atoms with van der Waals surface area (Å²) in [5.41, 5.74) is 0.886. The standard InChI is InChI=1S/C18H23FN2O2/c19-15-7-1-12(2-8-15)11-20-17(22)13-3-5-14(6-4-13)18(23)21-16-9-10-16/h1-2,7-8,13-14,16H,3-6,9-11H2,(H,20,22)(H,21,23). The molecule has 23 heavy (non-hydrogen) atoms. The molecule has 2 aliphatic carbocycles. The van der Waals surface area contributed by atoms with Gasteiger partial charge >= 0.3 is 0 Å². The predicted molar refractivity (Wildman–Crippen MR) is 84.9 cm³/mol. The third kappa shape index (κ3) is 4.53. The Morgan fingerprint density at radius 2 is 1.48 bits per heavy atom. The van der Waals surface area contributed by atoms with E-state index in [1.807, 2.05) is 0 Å². The minimum absolute atomic E-state index is 0.0135. The molecule has 2 N–H and O–H groups in total. The fraction of sp³-hybridized carbons (Fsp3) is 0.556. The van der Waals surface area contributed by atoms with Crippen molar-refractivity contribution >= 4 is 11.8 Å². The first-order chi connectivity index (χ1) is 11.1. The second-order valence-corrected chi connectivity index (χ2v) is 6.68. The van der Waals surface area contributed by atoms with Crippen LogP contribution < -0.4 is 10.6 Å². The molecule has 2 aliphatic rings. The van der Waals surface area contributed by atoms with E-state index < -0.39 is 0 Å². The third-order valence-electron chi connectivity index (χ3n) is 4.77. The summed E-state index contributed by atoms with van der Waals surface area (Å²) < 4.78 is 12.8. The van der Waals surface area contributed by atoms with Gasteiger partial charge < -0.3 is 10.6 Å². The first-order valence-electron chi connectivity index (χ1n) is 8.44. The van der Waals surface area contributed by atoms with Crippen LogP contribution in [-0.4, -0.2) is 17.9 Å². The van der Waals surface area contributed by atoms with Gasteiger partial charge in [-0.15, -0.1) is 0 Å². The molecule has 2 saturated carbocycles. The van der Waals surface area contributed by atoms with Crippen molar-refractivity contribution in [2.75, 3.05) is 0 Å². The average molecular weight is 318 g/mol. The first-order valence-corrected chi connectivity index (χ1v) is 8.44. The molecule has 0 saturated heterocycles. The van der Waals surface area contributed by atoms with Gasteiger partial charge in [0.15, 0.2) is 0 Å². The molecule has 0 aliphatic heterocycles. The number of carbonyl (C=O) groups is 2. The Morgan fingerprint density at radius 1 is 0.913 bits per heavy atom. The van der Waals surface area contributed by atoms with Crippen LogP contribution >= 0.6 is 0 Å². The summed E-state index contributed by atoms with van der Waals surface area (Å²) in [6.07, 6.45) is 5.30. The second kappa shape index (κ2) is 7.11. The molecule has 4 nitrogen and oxygen atoms in total. The lowest BCUT2D eigenvalue weighted by Crippen LogP contribution is -2.38. The summed E-state index contributed by atoms with van der Waals surface area (Å²) in [4.78, 5) is 24.2. The SMILES string of the molecule is O=C(NCc1ccc(F)cc1)C1CCC(C(=O)NC2CC2)CC1. The van der Waals surface area contributed by atoms with E-state index in [0.29, 0.717) is 12.6 Å². The Hall–Kier alpha value is -1.91. The molecule has 0 spiro atoms. The molecule has 1 aromatic rings. The lowest BCUT2D eigenvalue weighted by molar-refractivity contribution is -0.130. The maximum absolute atomic E-state index is 12.8. The van der Waals surface area contributed by atoms with Gasteiger partial charge in [0.1, 0.15) is 5.82 Å². The molecule has 3 rings (SSSR count). The van der Waals surface area contributed by atoms with Gasteiger partial charge in [-0.05, 0) is 56.2 Å². The van der Waals surface area contributed by atoms with E-state index in [2.05, 4.69) is 10.6 Å². The van der Waals surface area contributed by atoms with E-state index in [1.165, 1.54) is 12.1 Å². The van der Waals surface area contributed by atoms with Gasteiger partial charge in [0.25, 0.3) is 0 Å². The largest absolute Gasteiger partial charge is 0.353 e. The highest BCUT2D eigenvalue weighted by Crippen LogP contribution is 2.30. The van der Waals surface area contributed by atoms with Crippen LogP contribution in [0.5, 0.6) is 0 Å². The van der Waals surface area contributed by atoms with Crippen molar-refractivity contribution in [2.24, 2.45) is 11.8 Å². The summed E-state index contributed by atoms with van der Waals surface area (Å²) in [5, 5.41) is 5.96. The van der Waals surface area contributed by atoms with Crippen LogP contribution in [0.1, 0.15) is 44.1 Å². The number of halogens is 1. The Morgan fingerprint density at radius 3 is 2.04 bits per heavy atom. The number of hydrogen-bond donors (Lipinski definition) is 2. The second-order valence-electron chi connectivity index (χ2n) is 6.68. The predicted octanol–water partition coefficient (Wildman–Crippen LogP) is 2.53. The van der Waals surface area contributed by atoms with E-state index >= 15 is 0 Å². The highest BCUT2D eigenvalue weighted by atomic mass is 19.1. The minimum Gasteiger partial charge on any atom is -0.353 e. The lowest BCUT2D eigenvalue weighted by atomic mass is 9.81. The number of nitrogens with one attached hydrogen (secondary N) is 2. The van der Waals surface area contributed by atoms with Crippen molar-refractivity contribution < 1.29 is 14.0 Å². The van der Waals surface area contributed by atoms with Crippen molar-refractivity contribution in [3.8, 4) is 0 Å².